The molecule has 21 heavy (non-hydrogen) atoms. The second-order valence-electron chi connectivity index (χ2n) is 7.95. The lowest BCUT2D eigenvalue weighted by molar-refractivity contribution is -0.157. The Bertz CT molecular complexity index is 393. The second-order valence-corrected chi connectivity index (χ2v) is 7.95. The van der Waals surface area contributed by atoms with Crippen LogP contribution in [0.4, 0.5) is 0 Å². The van der Waals surface area contributed by atoms with Gasteiger partial charge in [-0.15, -0.1) is 0 Å². The molecule has 0 radical (unpaired) electrons. The maximum atomic E-state index is 12.8. The highest BCUT2D eigenvalue weighted by molar-refractivity contribution is 5.97. The van der Waals surface area contributed by atoms with Crippen LogP contribution in [-0.4, -0.2) is 49.1 Å². The van der Waals surface area contributed by atoms with E-state index < -0.39 is 12.1 Å². The molecule has 122 valence electrons. The molecule has 2 atom stereocenters. The molecule has 1 N–H and O–H groups in total. The highest BCUT2D eigenvalue weighted by atomic mass is 16.5. The molecule has 1 aliphatic rings. The lowest BCUT2D eigenvalue weighted by atomic mass is 9.78. The SMILES string of the molecule is COCCCN1C(=O)C(C(C)(C)C)NC(=O)C1C(C)(C)C. The van der Waals surface area contributed by atoms with E-state index in [4.69, 9.17) is 4.74 Å². The molecule has 0 bridgehead atoms. The van der Waals surface area contributed by atoms with Crippen molar-refractivity contribution < 1.29 is 14.3 Å². The van der Waals surface area contributed by atoms with Gasteiger partial charge in [0, 0.05) is 20.3 Å². The molecule has 5 heteroatoms. The van der Waals surface area contributed by atoms with Crippen LogP contribution in [0.2, 0.25) is 0 Å². The normalized spacial score (nSPS) is 24.2. The van der Waals surface area contributed by atoms with Crippen molar-refractivity contribution in [1.82, 2.24) is 10.2 Å². The molecule has 0 aliphatic carbocycles. The van der Waals surface area contributed by atoms with Crippen molar-refractivity contribution in [3.05, 3.63) is 0 Å². The zero-order valence-electron chi connectivity index (χ0n) is 14.4. The van der Waals surface area contributed by atoms with Gasteiger partial charge in [-0.25, -0.2) is 0 Å². The summed E-state index contributed by atoms with van der Waals surface area (Å²) in [6.07, 6.45) is 0.735. The van der Waals surface area contributed by atoms with Crippen molar-refractivity contribution in [2.45, 2.75) is 60.0 Å². The van der Waals surface area contributed by atoms with E-state index in [1.165, 1.54) is 0 Å². The fraction of sp³-hybridized carbons (Fsp3) is 0.875. The molecule has 5 nitrogen and oxygen atoms in total. The number of carbonyl (C=O) groups is 2. The van der Waals surface area contributed by atoms with E-state index in [1.807, 2.05) is 41.5 Å². The first-order valence-electron chi connectivity index (χ1n) is 7.60. The van der Waals surface area contributed by atoms with Gasteiger partial charge in [-0.3, -0.25) is 9.59 Å². The van der Waals surface area contributed by atoms with Crippen LogP contribution in [0.1, 0.15) is 48.0 Å². The smallest absolute Gasteiger partial charge is 0.246 e. The molecule has 0 aromatic rings. The van der Waals surface area contributed by atoms with Crippen molar-refractivity contribution in [2.24, 2.45) is 10.8 Å². The Kier molecular flexibility index (Phi) is 5.42. The number of nitrogens with zero attached hydrogens (tertiary/aromatic N) is 1. The molecule has 1 heterocycles. The average molecular weight is 298 g/mol. The quantitative estimate of drug-likeness (QED) is 0.805. The van der Waals surface area contributed by atoms with Crippen LogP contribution in [-0.2, 0) is 14.3 Å². The number of hydrogen-bond donors (Lipinski definition) is 1. The summed E-state index contributed by atoms with van der Waals surface area (Å²) in [6, 6.07) is -0.897. The van der Waals surface area contributed by atoms with E-state index in [0.717, 1.165) is 6.42 Å². The third-order valence-corrected chi connectivity index (χ3v) is 3.81. The number of nitrogens with one attached hydrogen (secondary N) is 1. The first kappa shape index (κ1) is 18.0. The second kappa shape index (κ2) is 6.34. The monoisotopic (exact) mass is 298 g/mol. The fourth-order valence-corrected chi connectivity index (χ4v) is 2.78. The lowest BCUT2D eigenvalue weighted by Gasteiger charge is -2.47. The molecule has 1 rings (SSSR count). The first-order chi connectivity index (χ1) is 9.50. The van der Waals surface area contributed by atoms with E-state index in [2.05, 4.69) is 5.32 Å². The van der Waals surface area contributed by atoms with E-state index in [1.54, 1.807) is 12.0 Å². The number of piperazine rings is 1. The Labute approximate surface area is 128 Å². The Morgan fingerprint density at radius 3 is 2.10 bits per heavy atom. The maximum Gasteiger partial charge on any atom is 0.246 e. The van der Waals surface area contributed by atoms with Gasteiger partial charge >= 0.3 is 0 Å². The van der Waals surface area contributed by atoms with Crippen molar-refractivity contribution >= 4 is 11.8 Å². The van der Waals surface area contributed by atoms with Gasteiger partial charge < -0.3 is 15.0 Å². The molecular weight excluding hydrogens is 268 g/mol. The topological polar surface area (TPSA) is 58.6 Å². The van der Waals surface area contributed by atoms with E-state index >= 15 is 0 Å². The first-order valence-corrected chi connectivity index (χ1v) is 7.60. The number of amides is 2. The van der Waals surface area contributed by atoms with Crippen molar-refractivity contribution in [1.29, 1.82) is 0 Å². The van der Waals surface area contributed by atoms with Crippen LogP contribution >= 0.6 is 0 Å². The molecule has 0 spiro atoms. The minimum absolute atomic E-state index is 0.0122. The van der Waals surface area contributed by atoms with Gasteiger partial charge in [0.1, 0.15) is 12.1 Å². The summed E-state index contributed by atoms with van der Waals surface area (Å²) >= 11 is 0. The van der Waals surface area contributed by atoms with Crippen LogP contribution < -0.4 is 5.32 Å². The van der Waals surface area contributed by atoms with Gasteiger partial charge in [-0.1, -0.05) is 41.5 Å². The zero-order valence-corrected chi connectivity index (χ0v) is 14.4. The summed E-state index contributed by atoms with van der Waals surface area (Å²) in [7, 11) is 1.64. The largest absolute Gasteiger partial charge is 0.385 e. The number of hydrogen-bond acceptors (Lipinski definition) is 3. The molecule has 0 aromatic carbocycles. The molecule has 1 aliphatic heterocycles. The number of rotatable bonds is 4. The van der Waals surface area contributed by atoms with Gasteiger partial charge in [0.2, 0.25) is 11.8 Å². The predicted molar refractivity (Wildman–Crippen MR) is 82.8 cm³/mol. The standard InChI is InChI=1S/C16H30N2O3/c1-15(2,3)11-14(20)18(9-8-10-21-7)12(13(19)17-11)16(4,5)6/h11-12H,8-10H2,1-7H3,(H,17,19). The van der Waals surface area contributed by atoms with Crippen LogP contribution in [0, 0.1) is 10.8 Å². The Morgan fingerprint density at radius 2 is 1.67 bits per heavy atom. The van der Waals surface area contributed by atoms with Crippen molar-refractivity contribution in [2.75, 3.05) is 20.3 Å². The zero-order chi connectivity index (χ0) is 16.4. The molecular formula is C16H30N2O3. The third kappa shape index (κ3) is 4.19. The summed E-state index contributed by atoms with van der Waals surface area (Å²) in [5.74, 6) is -0.0439. The Hall–Kier alpha value is -1.10. The molecule has 1 saturated heterocycles. The molecule has 0 saturated carbocycles. The molecule has 2 unspecified atom stereocenters. The van der Waals surface area contributed by atoms with E-state index in [9.17, 15) is 9.59 Å². The van der Waals surface area contributed by atoms with Crippen LogP contribution in [0.25, 0.3) is 0 Å². The van der Waals surface area contributed by atoms with Gasteiger partial charge in [0.25, 0.3) is 0 Å². The summed E-state index contributed by atoms with van der Waals surface area (Å²) in [5, 5.41) is 2.92. The highest BCUT2D eigenvalue weighted by Crippen LogP contribution is 2.32. The average Bonchev–Trinajstić information content (AvgIpc) is 2.30. The maximum absolute atomic E-state index is 12.8. The summed E-state index contributed by atoms with van der Waals surface area (Å²) in [4.78, 5) is 27.1. The van der Waals surface area contributed by atoms with Crippen molar-refractivity contribution in [3.8, 4) is 0 Å². The van der Waals surface area contributed by atoms with Gasteiger partial charge in [0.05, 0.1) is 0 Å². The molecule has 1 fully saturated rings. The molecule has 2 amide bonds. The predicted octanol–water partition coefficient (Wildman–Crippen LogP) is 1.81. The highest BCUT2D eigenvalue weighted by Gasteiger charge is 2.48. The van der Waals surface area contributed by atoms with E-state index in [-0.39, 0.29) is 22.6 Å². The minimum Gasteiger partial charge on any atom is -0.385 e. The number of ether oxygens (including phenoxy) is 1. The Morgan fingerprint density at radius 1 is 1.10 bits per heavy atom. The van der Waals surface area contributed by atoms with Crippen LogP contribution in [0.3, 0.4) is 0 Å². The minimum atomic E-state index is -0.467. The summed E-state index contributed by atoms with van der Waals surface area (Å²) < 4.78 is 5.07. The van der Waals surface area contributed by atoms with E-state index in [0.29, 0.717) is 13.2 Å². The lowest BCUT2D eigenvalue weighted by Crippen LogP contribution is -2.69. The van der Waals surface area contributed by atoms with Gasteiger partial charge in [0.15, 0.2) is 0 Å². The number of methoxy groups -OCH3 is 1. The number of carbonyl (C=O) groups excluding carboxylic acids is 2. The fourth-order valence-electron chi connectivity index (χ4n) is 2.78. The van der Waals surface area contributed by atoms with Crippen molar-refractivity contribution in [3.63, 3.8) is 0 Å². The van der Waals surface area contributed by atoms with Crippen LogP contribution in [0.5, 0.6) is 0 Å². The summed E-state index contributed by atoms with van der Waals surface area (Å²) in [6.45, 7) is 13.0. The van der Waals surface area contributed by atoms with Gasteiger partial charge in [-0.2, -0.15) is 0 Å². The molecule has 0 aromatic heterocycles. The summed E-state index contributed by atoms with van der Waals surface area (Å²) in [5.41, 5.74) is -0.592. The Balaban J connectivity index is 3.05. The van der Waals surface area contributed by atoms with Crippen LogP contribution in [0.15, 0.2) is 0 Å². The van der Waals surface area contributed by atoms with Gasteiger partial charge in [-0.05, 0) is 17.3 Å². The third-order valence-electron chi connectivity index (χ3n) is 3.81.